The largest absolute Gasteiger partial charge is 0.429 e. The van der Waals surface area contributed by atoms with Gasteiger partial charge in [-0.05, 0) is 54.7 Å². The fourth-order valence-electron chi connectivity index (χ4n) is 3.63. The highest BCUT2D eigenvalue weighted by Gasteiger charge is 2.26. The maximum atomic E-state index is 15.1. The SMILES string of the molecule is CCCc1cc(F)c(-c2c([O])cc(F)c(CCc3cc(F)c(OC(F)F)c(F)c3)c2F)c(F)c1. The van der Waals surface area contributed by atoms with Crippen LogP contribution in [0.25, 0.3) is 11.1 Å². The Morgan fingerprint density at radius 2 is 1.24 bits per heavy atom. The molecule has 3 aromatic carbocycles. The lowest BCUT2D eigenvalue weighted by Gasteiger charge is -2.14. The first kappa shape index (κ1) is 25.3. The fourth-order valence-corrected chi connectivity index (χ4v) is 3.63. The van der Waals surface area contributed by atoms with Crippen molar-refractivity contribution >= 4 is 0 Å². The van der Waals surface area contributed by atoms with Gasteiger partial charge in [0.2, 0.25) is 0 Å². The van der Waals surface area contributed by atoms with Crippen LogP contribution in [0.1, 0.15) is 30.0 Å². The number of hydrogen-bond donors (Lipinski definition) is 0. The maximum Gasteiger partial charge on any atom is 0.387 e. The summed E-state index contributed by atoms with van der Waals surface area (Å²) in [6.45, 7) is -1.69. The van der Waals surface area contributed by atoms with Gasteiger partial charge in [0.1, 0.15) is 23.3 Å². The van der Waals surface area contributed by atoms with Crippen LogP contribution in [0.4, 0.5) is 35.1 Å². The summed E-state index contributed by atoms with van der Waals surface area (Å²) in [5.41, 5.74) is -2.56. The van der Waals surface area contributed by atoms with Gasteiger partial charge in [0, 0.05) is 11.6 Å². The second kappa shape index (κ2) is 10.3. The number of rotatable bonds is 8. The van der Waals surface area contributed by atoms with E-state index in [1.54, 1.807) is 6.92 Å². The smallest absolute Gasteiger partial charge is 0.387 e. The van der Waals surface area contributed by atoms with Crippen molar-refractivity contribution in [1.29, 1.82) is 0 Å². The highest BCUT2D eigenvalue weighted by atomic mass is 19.3. The molecule has 34 heavy (non-hydrogen) atoms. The van der Waals surface area contributed by atoms with E-state index in [0.29, 0.717) is 36.6 Å². The molecule has 0 fully saturated rings. The second-order valence-corrected chi connectivity index (χ2v) is 7.48. The maximum absolute atomic E-state index is 15.1. The van der Waals surface area contributed by atoms with Crippen LogP contribution in [0.15, 0.2) is 30.3 Å². The Balaban J connectivity index is 1.98. The molecule has 0 aliphatic heterocycles. The molecule has 0 aliphatic carbocycles. The van der Waals surface area contributed by atoms with E-state index in [-0.39, 0.29) is 5.56 Å². The second-order valence-electron chi connectivity index (χ2n) is 7.48. The van der Waals surface area contributed by atoms with Gasteiger partial charge in [-0.3, -0.25) is 5.11 Å². The zero-order valence-corrected chi connectivity index (χ0v) is 17.6. The molecule has 0 unspecified atom stereocenters. The normalized spacial score (nSPS) is 11.4. The van der Waals surface area contributed by atoms with Gasteiger partial charge in [-0.25, -0.2) is 26.3 Å². The summed E-state index contributed by atoms with van der Waals surface area (Å²) in [4.78, 5) is 0. The molecule has 2 nitrogen and oxygen atoms in total. The van der Waals surface area contributed by atoms with Crippen molar-refractivity contribution in [3.05, 3.63) is 81.9 Å². The standard InChI is InChI=1S/C24H17F8O2/c1-2-3-11-6-15(26)20(16(27)7-11)21-19(33)10-14(25)13(22(21)30)5-4-12-8-17(28)23(18(29)9-12)34-24(31)32/h6-10,24H,2-5H2,1H3. The van der Waals surface area contributed by atoms with E-state index in [9.17, 15) is 35.8 Å². The van der Waals surface area contributed by atoms with E-state index in [4.69, 9.17) is 0 Å². The highest BCUT2D eigenvalue weighted by Crippen LogP contribution is 2.39. The van der Waals surface area contributed by atoms with Crippen LogP contribution in [0.3, 0.4) is 0 Å². The Kier molecular flexibility index (Phi) is 7.68. The summed E-state index contributed by atoms with van der Waals surface area (Å²) in [7, 11) is 0. The van der Waals surface area contributed by atoms with E-state index in [0.717, 1.165) is 12.1 Å². The molecule has 0 N–H and O–H groups in total. The van der Waals surface area contributed by atoms with Crippen LogP contribution in [-0.4, -0.2) is 6.61 Å². The zero-order chi connectivity index (χ0) is 25.2. The van der Waals surface area contributed by atoms with Gasteiger partial charge >= 0.3 is 6.61 Å². The monoisotopic (exact) mass is 489 g/mol. The number of aryl methyl sites for hydroxylation is 2. The third-order valence-corrected chi connectivity index (χ3v) is 5.10. The van der Waals surface area contributed by atoms with Crippen molar-refractivity contribution in [2.24, 2.45) is 0 Å². The van der Waals surface area contributed by atoms with E-state index < -0.39 is 82.5 Å². The first-order chi connectivity index (χ1) is 16.0. The molecular weight excluding hydrogens is 472 g/mol. The Morgan fingerprint density at radius 1 is 0.706 bits per heavy atom. The Hall–Kier alpha value is -3.30. The van der Waals surface area contributed by atoms with Crippen molar-refractivity contribution in [1.82, 2.24) is 0 Å². The molecule has 181 valence electrons. The number of hydrogen-bond acceptors (Lipinski definition) is 1. The lowest BCUT2D eigenvalue weighted by Crippen LogP contribution is -2.07. The molecular formula is C24H17F8O2. The topological polar surface area (TPSA) is 29.1 Å². The number of benzene rings is 3. The van der Waals surface area contributed by atoms with E-state index in [2.05, 4.69) is 4.74 Å². The summed E-state index contributed by atoms with van der Waals surface area (Å²) in [5.74, 6) is -10.7. The minimum Gasteiger partial charge on any atom is -0.429 e. The summed E-state index contributed by atoms with van der Waals surface area (Å²) < 4.78 is 115. The fraction of sp³-hybridized carbons (Fsp3) is 0.250. The van der Waals surface area contributed by atoms with Crippen LogP contribution >= 0.6 is 0 Å². The average Bonchev–Trinajstić information content (AvgIpc) is 2.72. The zero-order valence-electron chi connectivity index (χ0n) is 17.6. The number of halogens is 8. The summed E-state index contributed by atoms with van der Waals surface area (Å²) in [5, 5.41) is 12.2. The first-order valence-electron chi connectivity index (χ1n) is 10.1. The van der Waals surface area contributed by atoms with Crippen molar-refractivity contribution in [3.63, 3.8) is 0 Å². The Bertz CT molecular complexity index is 1160. The van der Waals surface area contributed by atoms with Crippen molar-refractivity contribution in [3.8, 4) is 22.6 Å². The van der Waals surface area contributed by atoms with E-state index in [1.807, 2.05) is 0 Å². The number of ether oxygens (including phenoxy) is 1. The van der Waals surface area contributed by atoms with Gasteiger partial charge in [-0.15, -0.1) is 0 Å². The van der Waals surface area contributed by atoms with Crippen molar-refractivity contribution < 1.29 is 45.0 Å². The van der Waals surface area contributed by atoms with Crippen LogP contribution < -0.4 is 4.74 Å². The quantitative estimate of drug-likeness (QED) is 0.299. The van der Waals surface area contributed by atoms with E-state index in [1.165, 1.54) is 0 Å². The van der Waals surface area contributed by atoms with Crippen molar-refractivity contribution in [2.45, 2.75) is 39.2 Å². The molecule has 10 heteroatoms. The first-order valence-corrected chi connectivity index (χ1v) is 10.1. The average molecular weight is 489 g/mol. The van der Waals surface area contributed by atoms with Gasteiger partial charge in [-0.2, -0.15) is 8.78 Å². The van der Waals surface area contributed by atoms with Gasteiger partial charge in [-0.1, -0.05) is 13.3 Å². The van der Waals surface area contributed by atoms with Gasteiger partial charge in [0.25, 0.3) is 0 Å². The predicted molar refractivity (Wildman–Crippen MR) is 106 cm³/mol. The number of alkyl halides is 2. The van der Waals surface area contributed by atoms with Crippen LogP contribution in [0.2, 0.25) is 0 Å². The lowest BCUT2D eigenvalue weighted by atomic mass is 9.94. The highest BCUT2D eigenvalue weighted by molar-refractivity contribution is 5.73. The molecule has 0 spiro atoms. The third kappa shape index (κ3) is 5.26. The molecule has 0 saturated carbocycles. The molecule has 0 heterocycles. The lowest BCUT2D eigenvalue weighted by molar-refractivity contribution is -0.0546. The molecule has 3 rings (SSSR count). The van der Waals surface area contributed by atoms with E-state index >= 15 is 4.39 Å². The summed E-state index contributed by atoms with van der Waals surface area (Å²) >= 11 is 0. The minimum absolute atomic E-state index is 0.163. The van der Waals surface area contributed by atoms with Gasteiger partial charge < -0.3 is 4.74 Å². The van der Waals surface area contributed by atoms with Crippen LogP contribution in [0, 0.1) is 34.9 Å². The van der Waals surface area contributed by atoms with Gasteiger partial charge in [0.15, 0.2) is 23.1 Å². The third-order valence-electron chi connectivity index (χ3n) is 5.10. The molecule has 0 aromatic heterocycles. The molecule has 3 aromatic rings. The Morgan fingerprint density at radius 3 is 1.76 bits per heavy atom. The van der Waals surface area contributed by atoms with Crippen molar-refractivity contribution in [2.75, 3.05) is 0 Å². The predicted octanol–water partition coefficient (Wildman–Crippen LogP) is 7.67. The van der Waals surface area contributed by atoms with Crippen LogP contribution in [-0.2, 0) is 24.4 Å². The van der Waals surface area contributed by atoms with Crippen LogP contribution in [0.5, 0.6) is 11.5 Å². The molecule has 0 amide bonds. The summed E-state index contributed by atoms with van der Waals surface area (Å²) in [6.07, 6.45) is -0.0367. The molecule has 0 bridgehead atoms. The molecule has 0 saturated heterocycles. The van der Waals surface area contributed by atoms with Gasteiger partial charge in [0.05, 0.1) is 11.1 Å². The molecule has 0 aliphatic rings. The molecule has 0 atom stereocenters. The Labute approximate surface area is 189 Å². The molecule has 1 radical (unpaired) electrons. The summed E-state index contributed by atoms with van der Waals surface area (Å²) in [6, 6.07) is 3.57. The minimum atomic E-state index is -3.47.